The van der Waals surface area contributed by atoms with Crippen LogP contribution in [0.4, 0.5) is 0 Å². The number of phenols is 7. The predicted molar refractivity (Wildman–Crippen MR) is 181 cm³/mol. The third kappa shape index (κ3) is 5.90. The standard InChI is InChI=1S/C39H36O9/c1-19(2)4-8-27-30(42)11-5-21-16-35(48-39(21)27)22-14-33(45)37(34(46)15-22)29-13-20(3)12-28(25-9-6-23(40)17-31(25)43)36(29)38(47)26-10-7-24(41)18-32(26)44/h4-7,9-11,13-18,28-29,36,40-46H,8,12H2,1-3H3/t28-,29+,36-/m1/s1. The van der Waals surface area contributed by atoms with Gasteiger partial charge >= 0.3 is 0 Å². The van der Waals surface area contributed by atoms with Gasteiger partial charge in [-0.3, -0.25) is 4.79 Å². The summed E-state index contributed by atoms with van der Waals surface area (Å²) < 4.78 is 6.17. The second-order valence-corrected chi connectivity index (χ2v) is 12.7. The Balaban J connectivity index is 1.48. The van der Waals surface area contributed by atoms with Crippen LogP contribution in [-0.4, -0.2) is 41.5 Å². The number of aromatic hydroxyl groups is 7. The molecule has 0 fully saturated rings. The van der Waals surface area contributed by atoms with Gasteiger partial charge in [0.2, 0.25) is 0 Å². The number of allylic oxidation sites excluding steroid dienone is 4. The molecule has 48 heavy (non-hydrogen) atoms. The molecule has 7 N–H and O–H groups in total. The summed E-state index contributed by atoms with van der Waals surface area (Å²) in [5.74, 6) is -4.46. The van der Waals surface area contributed by atoms with E-state index in [2.05, 4.69) is 0 Å². The van der Waals surface area contributed by atoms with E-state index in [1.54, 1.807) is 24.3 Å². The molecule has 0 unspecified atom stereocenters. The molecule has 1 aromatic heterocycles. The molecular formula is C39H36O9. The summed E-state index contributed by atoms with van der Waals surface area (Å²) in [5, 5.41) is 75.8. The number of ketones is 1. The van der Waals surface area contributed by atoms with Crippen molar-refractivity contribution in [3.8, 4) is 51.6 Å². The highest BCUT2D eigenvalue weighted by molar-refractivity contribution is 6.02. The largest absolute Gasteiger partial charge is 0.508 e. The Hall–Kier alpha value is -5.83. The van der Waals surface area contributed by atoms with Crippen molar-refractivity contribution in [1.29, 1.82) is 0 Å². The van der Waals surface area contributed by atoms with Crippen LogP contribution in [-0.2, 0) is 6.42 Å². The van der Waals surface area contributed by atoms with Gasteiger partial charge < -0.3 is 40.2 Å². The van der Waals surface area contributed by atoms with Crippen LogP contribution in [0.3, 0.4) is 0 Å². The first-order valence-electron chi connectivity index (χ1n) is 15.5. The minimum Gasteiger partial charge on any atom is -0.508 e. The van der Waals surface area contributed by atoms with E-state index in [-0.39, 0.29) is 45.6 Å². The van der Waals surface area contributed by atoms with Gasteiger partial charge in [0.15, 0.2) is 5.78 Å². The van der Waals surface area contributed by atoms with E-state index >= 15 is 0 Å². The molecule has 6 rings (SSSR count). The molecule has 246 valence electrons. The van der Waals surface area contributed by atoms with Crippen molar-refractivity contribution in [3.63, 3.8) is 0 Å². The third-order valence-corrected chi connectivity index (χ3v) is 9.02. The average molecular weight is 649 g/mol. The zero-order valence-corrected chi connectivity index (χ0v) is 26.6. The molecule has 1 aliphatic rings. The molecule has 0 radical (unpaired) electrons. The molecule has 9 heteroatoms. The highest BCUT2D eigenvalue weighted by Gasteiger charge is 2.43. The summed E-state index contributed by atoms with van der Waals surface area (Å²) in [5.41, 5.74) is 3.70. The molecule has 0 spiro atoms. The molecule has 4 aromatic carbocycles. The van der Waals surface area contributed by atoms with Crippen molar-refractivity contribution in [3.05, 3.63) is 112 Å². The molecule has 5 aromatic rings. The van der Waals surface area contributed by atoms with Crippen molar-refractivity contribution >= 4 is 16.8 Å². The highest BCUT2D eigenvalue weighted by Crippen LogP contribution is 2.53. The SMILES string of the molecule is CC(C)=CCc1c(O)ccc2cc(-c3cc(O)c([C@H]4C=C(C)C[C@H](c5ccc(O)cc5O)[C@H]4C(=O)c4ccc(O)cc4O)c(O)c3)oc12. The Morgan fingerprint density at radius 1 is 0.792 bits per heavy atom. The number of benzene rings is 4. The highest BCUT2D eigenvalue weighted by atomic mass is 16.3. The lowest BCUT2D eigenvalue weighted by atomic mass is 9.65. The number of carbonyl (C=O) groups excluding carboxylic acids is 1. The first-order chi connectivity index (χ1) is 22.8. The molecule has 3 atom stereocenters. The van der Waals surface area contributed by atoms with Crippen LogP contribution in [0.5, 0.6) is 40.2 Å². The number of hydrogen-bond acceptors (Lipinski definition) is 9. The molecule has 0 aliphatic heterocycles. The number of carbonyl (C=O) groups is 1. The zero-order chi connectivity index (χ0) is 34.4. The molecule has 1 heterocycles. The van der Waals surface area contributed by atoms with Crippen molar-refractivity contribution < 1.29 is 45.0 Å². The van der Waals surface area contributed by atoms with Crippen LogP contribution in [0.15, 0.2) is 94.4 Å². The fourth-order valence-electron chi connectivity index (χ4n) is 6.77. The summed E-state index contributed by atoms with van der Waals surface area (Å²) in [6.07, 6.45) is 4.53. The summed E-state index contributed by atoms with van der Waals surface area (Å²) in [6, 6.07) is 15.7. The lowest BCUT2D eigenvalue weighted by Gasteiger charge is -2.37. The van der Waals surface area contributed by atoms with E-state index in [0.717, 1.165) is 22.6 Å². The monoisotopic (exact) mass is 648 g/mol. The topological polar surface area (TPSA) is 172 Å². The van der Waals surface area contributed by atoms with Gasteiger partial charge in [-0.1, -0.05) is 29.4 Å². The van der Waals surface area contributed by atoms with Crippen LogP contribution in [0.25, 0.3) is 22.3 Å². The Labute approximate surface area is 276 Å². The number of fused-ring (bicyclic) bond motifs is 1. The van der Waals surface area contributed by atoms with Crippen molar-refractivity contribution in [2.45, 2.75) is 45.4 Å². The molecule has 0 amide bonds. The Bertz CT molecular complexity index is 2110. The van der Waals surface area contributed by atoms with Crippen molar-refractivity contribution in [2.75, 3.05) is 0 Å². The molecular weight excluding hydrogens is 612 g/mol. The first-order valence-corrected chi connectivity index (χ1v) is 15.5. The lowest BCUT2D eigenvalue weighted by molar-refractivity contribution is 0.0876. The number of hydrogen-bond donors (Lipinski definition) is 7. The second-order valence-electron chi connectivity index (χ2n) is 12.7. The van der Waals surface area contributed by atoms with Crippen LogP contribution >= 0.6 is 0 Å². The lowest BCUT2D eigenvalue weighted by Crippen LogP contribution is -2.31. The van der Waals surface area contributed by atoms with Crippen LogP contribution in [0.2, 0.25) is 0 Å². The fourth-order valence-corrected chi connectivity index (χ4v) is 6.77. The van der Waals surface area contributed by atoms with Gasteiger partial charge in [-0.15, -0.1) is 0 Å². The van der Waals surface area contributed by atoms with Crippen LogP contribution < -0.4 is 0 Å². The average Bonchev–Trinajstić information content (AvgIpc) is 3.44. The van der Waals surface area contributed by atoms with E-state index < -0.39 is 29.3 Å². The zero-order valence-electron chi connectivity index (χ0n) is 26.6. The van der Waals surface area contributed by atoms with Gasteiger partial charge in [-0.2, -0.15) is 0 Å². The summed E-state index contributed by atoms with van der Waals surface area (Å²) in [4.78, 5) is 14.3. The van der Waals surface area contributed by atoms with Gasteiger partial charge in [0, 0.05) is 52.0 Å². The number of furan rings is 1. The third-order valence-electron chi connectivity index (χ3n) is 9.02. The number of Topliss-reactive ketones (excluding diaryl/α,β-unsaturated/α-hetero) is 1. The van der Waals surface area contributed by atoms with Gasteiger partial charge in [0.1, 0.15) is 51.6 Å². The van der Waals surface area contributed by atoms with Gasteiger partial charge in [-0.05, 0) is 87.7 Å². The smallest absolute Gasteiger partial charge is 0.171 e. The van der Waals surface area contributed by atoms with Crippen molar-refractivity contribution in [2.24, 2.45) is 5.92 Å². The normalized spacial score (nSPS) is 17.6. The predicted octanol–water partition coefficient (Wildman–Crippen LogP) is 8.26. The molecule has 0 bridgehead atoms. The second kappa shape index (κ2) is 12.4. The maximum atomic E-state index is 14.3. The minimum atomic E-state index is -1.05. The van der Waals surface area contributed by atoms with Gasteiger partial charge in [0.05, 0.1) is 5.56 Å². The summed E-state index contributed by atoms with van der Waals surface area (Å²) in [7, 11) is 0. The summed E-state index contributed by atoms with van der Waals surface area (Å²) >= 11 is 0. The maximum Gasteiger partial charge on any atom is 0.171 e. The summed E-state index contributed by atoms with van der Waals surface area (Å²) in [6.45, 7) is 5.76. The Kier molecular flexibility index (Phi) is 8.30. The van der Waals surface area contributed by atoms with Crippen LogP contribution in [0.1, 0.15) is 66.1 Å². The quantitative estimate of drug-likeness (QED) is 0.0677. The number of phenolic OH excluding ortho intramolecular Hbond substituents is 7. The van der Waals surface area contributed by atoms with Gasteiger partial charge in [0.25, 0.3) is 0 Å². The molecule has 1 aliphatic carbocycles. The molecule has 0 saturated carbocycles. The van der Waals surface area contributed by atoms with Crippen molar-refractivity contribution in [1.82, 2.24) is 0 Å². The van der Waals surface area contributed by atoms with E-state index in [4.69, 9.17) is 4.42 Å². The fraction of sp³-hybridized carbons (Fsp3) is 0.205. The maximum absolute atomic E-state index is 14.3. The van der Waals surface area contributed by atoms with E-state index in [0.29, 0.717) is 40.9 Å². The Morgan fingerprint density at radius 2 is 1.46 bits per heavy atom. The number of rotatable bonds is 7. The minimum absolute atomic E-state index is 0.0655. The van der Waals surface area contributed by atoms with E-state index in [1.165, 1.54) is 42.5 Å². The van der Waals surface area contributed by atoms with E-state index in [9.17, 15) is 40.5 Å². The van der Waals surface area contributed by atoms with Crippen LogP contribution in [0, 0.1) is 5.92 Å². The van der Waals surface area contributed by atoms with Gasteiger partial charge in [-0.25, -0.2) is 0 Å². The molecule has 0 saturated heterocycles. The molecule has 9 nitrogen and oxygen atoms in total. The van der Waals surface area contributed by atoms with E-state index in [1.807, 2.05) is 26.8 Å². The Morgan fingerprint density at radius 3 is 2.10 bits per heavy atom. The first kappa shape index (κ1) is 32.1.